The maximum atomic E-state index is 12.2. The zero-order valence-corrected chi connectivity index (χ0v) is 11.7. The van der Waals surface area contributed by atoms with Gasteiger partial charge in [0.05, 0.1) is 19.6 Å². The van der Waals surface area contributed by atoms with Gasteiger partial charge >= 0.3 is 5.97 Å². The van der Waals surface area contributed by atoms with Crippen LogP contribution < -0.4 is 5.32 Å². The van der Waals surface area contributed by atoms with Crippen LogP contribution in [0.1, 0.15) is 28.5 Å². The van der Waals surface area contributed by atoms with Crippen molar-refractivity contribution in [3.63, 3.8) is 0 Å². The second-order valence-electron chi connectivity index (χ2n) is 4.43. The second-order valence-corrected chi connectivity index (χ2v) is 4.43. The van der Waals surface area contributed by atoms with Crippen LogP contribution in [0.4, 0.5) is 0 Å². The van der Waals surface area contributed by atoms with Gasteiger partial charge in [-0.1, -0.05) is 36.4 Å². The van der Waals surface area contributed by atoms with E-state index in [4.69, 9.17) is 0 Å². The highest BCUT2D eigenvalue weighted by Crippen LogP contribution is 2.17. The molecule has 0 saturated carbocycles. The number of amides is 1. The number of aromatic nitrogens is 1. The summed E-state index contributed by atoms with van der Waals surface area (Å²) in [7, 11) is 1.32. The maximum Gasteiger partial charge on any atom is 0.307 e. The molecule has 1 aromatic heterocycles. The first-order chi connectivity index (χ1) is 10.2. The van der Waals surface area contributed by atoms with Gasteiger partial charge in [-0.3, -0.25) is 14.6 Å². The number of benzene rings is 1. The molecule has 1 heterocycles. The van der Waals surface area contributed by atoms with E-state index in [1.54, 1.807) is 24.4 Å². The third-order valence-corrected chi connectivity index (χ3v) is 3.00. The van der Waals surface area contributed by atoms with Crippen molar-refractivity contribution in [2.45, 2.75) is 12.5 Å². The molecule has 0 aliphatic carbocycles. The Morgan fingerprint density at radius 2 is 1.86 bits per heavy atom. The van der Waals surface area contributed by atoms with Crippen LogP contribution in [0.3, 0.4) is 0 Å². The summed E-state index contributed by atoms with van der Waals surface area (Å²) < 4.78 is 4.68. The number of esters is 1. The Morgan fingerprint density at radius 3 is 2.48 bits per heavy atom. The Balaban J connectivity index is 2.16. The van der Waals surface area contributed by atoms with Crippen LogP contribution in [-0.4, -0.2) is 24.0 Å². The summed E-state index contributed by atoms with van der Waals surface area (Å²) in [5.41, 5.74) is 1.15. The monoisotopic (exact) mass is 284 g/mol. The standard InChI is InChI=1S/C16H16N2O3/c1-21-15(19)11-14(12-7-3-2-4-8-12)18-16(20)13-9-5-6-10-17-13/h2-10,14H,11H2,1H3,(H,18,20)/t14-/m1/s1. The van der Waals surface area contributed by atoms with E-state index in [2.05, 4.69) is 15.0 Å². The highest BCUT2D eigenvalue weighted by atomic mass is 16.5. The molecule has 5 heteroatoms. The van der Waals surface area contributed by atoms with Crippen LogP contribution in [0.5, 0.6) is 0 Å². The molecule has 0 fully saturated rings. The van der Waals surface area contributed by atoms with Gasteiger partial charge in [-0.05, 0) is 17.7 Å². The summed E-state index contributed by atoms with van der Waals surface area (Å²) in [5.74, 6) is -0.710. The van der Waals surface area contributed by atoms with Crippen LogP contribution in [-0.2, 0) is 9.53 Å². The SMILES string of the molecule is COC(=O)C[C@@H](NC(=O)c1ccccn1)c1ccccc1. The van der Waals surface area contributed by atoms with Gasteiger partial charge in [0.15, 0.2) is 0 Å². The van der Waals surface area contributed by atoms with Crippen molar-refractivity contribution in [1.82, 2.24) is 10.3 Å². The predicted molar refractivity (Wildman–Crippen MR) is 77.5 cm³/mol. The van der Waals surface area contributed by atoms with Gasteiger partial charge in [-0.15, -0.1) is 0 Å². The van der Waals surface area contributed by atoms with Gasteiger partial charge < -0.3 is 10.1 Å². The average molecular weight is 284 g/mol. The van der Waals surface area contributed by atoms with E-state index in [0.29, 0.717) is 5.69 Å². The molecule has 0 aliphatic heterocycles. The average Bonchev–Trinajstić information content (AvgIpc) is 2.55. The van der Waals surface area contributed by atoms with Crippen LogP contribution in [0, 0.1) is 0 Å². The highest BCUT2D eigenvalue weighted by molar-refractivity contribution is 5.92. The smallest absolute Gasteiger partial charge is 0.307 e. The molecule has 0 spiro atoms. The van der Waals surface area contributed by atoms with Gasteiger partial charge in [0.25, 0.3) is 5.91 Å². The van der Waals surface area contributed by atoms with Crippen molar-refractivity contribution in [3.8, 4) is 0 Å². The Hall–Kier alpha value is -2.69. The first-order valence-corrected chi connectivity index (χ1v) is 6.54. The van der Waals surface area contributed by atoms with Crippen molar-refractivity contribution in [2.75, 3.05) is 7.11 Å². The summed E-state index contributed by atoms with van der Waals surface area (Å²) in [6.45, 7) is 0. The molecular formula is C16H16N2O3. The lowest BCUT2D eigenvalue weighted by molar-refractivity contribution is -0.141. The first-order valence-electron chi connectivity index (χ1n) is 6.54. The molecular weight excluding hydrogens is 268 g/mol. The van der Waals surface area contributed by atoms with E-state index in [1.165, 1.54) is 7.11 Å². The van der Waals surface area contributed by atoms with Crippen molar-refractivity contribution in [3.05, 3.63) is 66.0 Å². The fourth-order valence-corrected chi connectivity index (χ4v) is 1.92. The third-order valence-electron chi connectivity index (χ3n) is 3.00. The lowest BCUT2D eigenvalue weighted by Crippen LogP contribution is -2.31. The zero-order chi connectivity index (χ0) is 15.1. The fourth-order valence-electron chi connectivity index (χ4n) is 1.92. The van der Waals surface area contributed by atoms with Crippen LogP contribution in [0.25, 0.3) is 0 Å². The molecule has 2 rings (SSSR count). The number of methoxy groups -OCH3 is 1. The highest BCUT2D eigenvalue weighted by Gasteiger charge is 2.19. The number of nitrogens with one attached hydrogen (secondary N) is 1. The van der Waals surface area contributed by atoms with E-state index in [1.807, 2.05) is 30.3 Å². The summed E-state index contributed by atoms with van der Waals surface area (Å²) in [4.78, 5) is 27.7. The summed E-state index contributed by atoms with van der Waals surface area (Å²) >= 11 is 0. The molecule has 1 aromatic carbocycles. The van der Waals surface area contributed by atoms with Gasteiger partial charge in [0, 0.05) is 6.20 Å². The molecule has 1 N–H and O–H groups in total. The molecule has 21 heavy (non-hydrogen) atoms. The molecule has 0 saturated heterocycles. The number of carbonyl (C=O) groups is 2. The number of rotatable bonds is 5. The number of ether oxygens (including phenoxy) is 1. The minimum atomic E-state index is -0.451. The molecule has 0 unspecified atom stereocenters. The minimum absolute atomic E-state index is 0.0685. The Morgan fingerprint density at radius 1 is 1.14 bits per heavy atom. The number of carbonyl (C=O) groups excluding carboxylic acids is 2. The second kappa shape index (κ2) is 7.19. The van der Waals surface area contributed by atoms with Crippen molar-refractivity contribution >= 4 is 11.9 Å². The molecule has 0 bridgehead atoms. The number of hydrogen-bond donors (Lipinski definition) is 1. The van der Waals surface area contributed by atoms with E-state index in [-0.39, 0.29) is 18.3 Å². The van der Waals surface area contributed by atoms with Crippen molar-refractivity contribution < 1.29 is 14.3 Å². The molecule has 0 radical (unpaired) electrons. The van der Waals surface area contributed by atoms with Gasteiger partial charge in [-0.2, -0.15) is 0 Å². The lowest BCUT2D eigenvalue weighted by Gasteiger charge is -2.18. The third kappa shape index (κ3) is 4.14. The Labute approximate surface area is 123 Å². The summed E-state index contributed by atoms with van der Waals surface area (Å²) in [6.07, 6.45) is 1.62. The predicted octanol–water partition coefficient (Wildman–Crippen LogP) is 2.12. The molecule has 2 aromatic rings. The topological polar surface area (TPSA) is 68.3 Å². The van der Waals surface area contributed by atoms with E-state index in [9.17, 15) is 9.59 Å². The van der Waals surface area contributed by atoms with Crippen LogP contribution in [0.2, 0.25) is 0 Å². The van der Waals surface area contributed by atoms with Gasteiger partial charge in [0.2, 0.25) is 0 Å². The molecule has 0 aliphatic rings. The van der Waals surface area contributed by atoms with Crippen molar-refractivity contribution in [2.24, 2.45) is 0 Å². The Bertz CT molecular complexity index is 599. The number of nitrogens with zero attached hydrogens (tertiary/aromatic N) is 1. The van der Waals surface area contributed by atoms with Crippen molar-refractivity contribution in [1.29, 1.82) is 0 Å². The van der Waals surface area contributed by atoms with Crippen LogP contribution >= 0.6 is 0 Å². The number of hydrogen-bond acceptors (Lipinski definition) is 4. The van der Waals surface area contributed by atoms with Gasteiger partial charge in [0.1, 0.15) is 5.69 Å². The molecule has 108 valence electrons. The maximum absolute atomic E-state index is 12.2. The summed E-state index contributed by atoms with van der Waals surface area (Å²) in [5, 5.41) is 2.81. The van der Waals surface area contributed by atoms with Crippen LogP contribution in [0.15, 0.2) is 54.7 Å². The quantitative estimate of drug-likeness (QED) is 0.854. The normalized spacial score (nSPS) is 11.5. The zero-order valence-electron chi connectivity index (χ0n) is 11.7. The van der Waals surface area contributed by atoms with E-state index < -0.39 is 6.04 Å². The molecule has 1 atom stereocenters. The van der Waals surface area contributed by atoms with Gasteiger partial charge in [-0.25, -0.2) is 0 Å². The molecule has 1 amide bonds. The Kier molecular flexibility index (Phi) is 5.04. The lowest BCUT2D eigenvalue weighted by atomic mass is 10.0. The first kappa shape index (κ1) is 14.7. The molecule has 5 nitrogen and oxygen atoms in total. The van der Waals surface area contributed by atoms with E-state index in [0.717, 1.165) is 5.56 Å². The van der Waals surface area contributed by atoms with E-state index >= 15 is 0 Å². The largest absolute Gasteiger partial charge is 0.469 e. The summed E-state index contributed by atoms with van der Waals surface area (Å²) in [6, 6.07) is 13.9. The fraction of sp³-hybridized carbons (Fsp3) is 0.188. The number of pyridine rings is 1. The minimum Gasteiger partial charge on any atom is -0.469 e.